The molecule has 0 radical (unpaired) electrons. The van der Waals surface area contributed by atoms with Gasteiger partial charge in [-0.15, -0.1) is 0 Å². The van der Waals surface area contributed by atoms with Crippen molar-refractivity contribution in [1.29, 1.82) is 5.41 Å². The van der Waals surface area contributed by atoms with Crippen LogP contribution in [0.25, 0.3) is 0 Å². The second-order valence-corrected chi connectivity index (χ2v) is 3.45. The van der Waals surface area contributed by atoms with Gasteiger partial charge in [-0.2, -0.15) is 0 Å². The Labute approximate surface area is 111 Å². The van der Waals surface area contributed by atoms with Crippen molar-refractivity contribution in [2.24, 2.45) is 0 Å². The minimum Gasteiger partial charge on any atom is -0.497 e. The monoisotopic (exact) mass is 250 g/mol. The maximum absolute atomic E-state index is 5.50. The number of ether oxygens (including phenoxy) is 1. The van der Waals surface area contributed by atoms with Gasteiger partial charge in [0.1, 0.15) is 5.75 Å². The summed E-state index contributed by atoms with van der Waals surface area (Å²) in [4.78, 5) is 0. The molecule has 0 aliphatic rings. The number of hydrogen-bond acceptors (Lipinski definition) is 3. The number of hydrogen-bond donors (Lipinski definition) is 2. The first-order chi connectivity index (χ1) is 8.72. The Bertz CT molecular complexity index is 314. The van der Waals surface area contributed by atoms with Gasteiger partial charge in [0, 0.05) is 6.54 Å². The van der Waals surface area contributed by atoms with Gasteiger partial charge in [-0.1, -0.05) is 31.6 Å². The Balaban J connectivity index is 0. The molecule has 18 heavy (non-hydrogen) atoms. The molecule has 3 nitrogen and oxygen atoms in total. The second kappa shape index (κ2) is 13.3. The highest BCUT2D eigenvalue weighted by Gasteiger charge is 1.92. The molecule has 0 aliphatic heterocycles. The van der Waals surface area contributed by atoms with E-state index in [4.69, 9.17) is 10.1 Å². The average molecular weight is 250 g/mol. The van der Waals surface area contributed by atoms with Crippen molar-refractivity contribution in [3.05, 3.63) is 41.6 Å². The zero-order valence-corrected chi connectivity index (χ0v) is 12.2. The van der Waals surface area contributed by atoms with Crippen LogP contribution in [0, 0.1) is 5.41 Å². The third-order valence-electron chi connectivity index (χ3n) is 1.86. The molecule has 2 N–H and O–H groups in total. The van der Waals surface area contributed by atoms with Gasteiger partial charge < -0.3 is 15.5 Å². The van der Waals surface area contributed by atoms with E-state index in [0.717, 1.165) is 12.3 Å². The third kappa shape index (κ3) is 9.46. The highest BCUT2D eigenvalue weighted by atomic mass is 16.5. The van der Waals surface area contributed by atoms with Crippen molar-refractivity contribution in [1.82, 2.24) is 5.32 Å². The van der Waals surface area contributed by atoms with Gasteiger partial charge in [-0.05, 0) is 44.5 Å². The number of nitrogens with one attached hydrogen (secondary N) is 2. The van der Waals surface area contributed by atoms with E-state index in [1.165, 1.54) is 11.1 Å². The molecule has 0 amide bonds. The van der Waals surface area contributed by atoms with E-state index >= 15 is 0 Å². The van der Waals surface area contributed by atoms with Gasteiger partial charge in [-0.25, -0.2) is 0 Å². The molecule has 102 valence electrons. The lowest BCUT2D eigenvalue weighted by Gasteiger charge is -2.03. The van der Waals surface area contributed by atoms with Crippen LogP contribution < -0.4 is 10.1 Å². The van der Waals surface area contributed by atoms with E-state index in [-0.39, 0.29) is 0 Å². The molecule has 0 unspecified atom stereocenters. The van der Waals surface area contributed by atoms with Crippen LogP contribution in [0.4, 0.5) is 0 Å². The molecule has 1 rings (SSSR count). The lowest BCUT2D eigenvalue weighted by Crippen LogP contribution is -2.04. The van der Waals surface area contributed by atoms with Crippen molar-refractivity contribution >= 4 is 6.72 Å². The maximum Gasteiger partial charge on any atom is 0.118 e. The van der Waals surface area contributed by atoms with Crippen molar-refractivity contribution in [3.8, 4) is 5.75 Å². The Kier molecular flexibility index (Phi) is 13.7. The van der Waals surface area contributed by atoms with E-state index in [1.54, 1.807) is 7.11 Å². The first-order valence-corrected chi connectivity index (χ1v) is 6.07. The topological polar surface area (TPSA) is 45.1 Å². The Morgan fingerprint density at radius 2 is 1.72 bits per heavy atom. The summed E-state index contributed by atoms with van der Waals surface area (Å²) in [5, 5.41) is 8.74. The lowest BCUT2D eigenvalue weighted by atomic mass is 10.2. The SMILES string of the molecule is C=N.CC.COc1ccc(CNC=C(C)C)cc1. The molecule has 0 aliphatic carbocycles. The molecule has 0 spiro atoms. The summed E-state index contributed by atoms with van der Waals surface area (Å²) < 4.78 is 5.08. The van der Waals surface area contributed by atoms with Gasteiger partial charge in [0.25, 0.3) is 0 Å². The molecule has 0 fully saturated rings. The number of benzene rings is 1. The summed E-state index contributed by atoms with van der Waals surface area (Å²) in [6.07, 6.45) is 2.02. The molecule has 1 aromatic rings. The van der Waals surface area contributed by atoms with E-state index in [2.05, 4.69) is 38.0 Å². The first-order valence-electron chi connectivity index (χ1n) is 6.07. The van der Waals surface area contributed by atoms with Gasteiger partial charge >= 0.3 is 0 Å². The minimum atomic E-state index is 0.856. The van der Waals surface area contributed by atoms with Crippen LogP contribution in [0.15, 0.2) is 36.0 Å². The van der Waals surface area contributed by atoms with Crippen LogP contribution in [-0.4, -0.2) is 13.8 Å². The van der Waals surface area contributed by atoms with E-state index in [0.29, 0.717) is 0 Å². The van der Waals surface area contributed by atoms with Crippen molar-refractivity contribution in [2.75, 3.05) is 7.11 Å². The van der Waals surface area contributed by atoms with Crippen LogP contribution in [0.1, 0.15) is 33.3 Å². The zero-order chi connectivity index (χ0) is 14.4. The summed E-state index contributed by atoms with van der Waals surface area (Å²) in [7, 11) is 1.68. The molecular formula is C15H26N2O. The summed E-state index contributed by atoms with van der Waals surface area (Å²) in [5.41, 5.74) is 2.53. The highest BCUT2D eigenvalue weighted by Crippen LogP contribution is 2.10. The summed E-state index contributed by atoms with van der Waals surface area (Å²) >= 11 is 0. The fraction of sp³-hybridized carbons (Fsp3) is 0.400. The Hall–Kier alpha value is -1.77. The zero-order valence-electron chi connectivity index (χ0n) is 12.2. The highest BCUT2D eigenvalue weighted by molar-refractivity contribution is 5.27. The fourth-order valence-electron chi connectivity index (χ4n) is 1.12. The third-order valence-corrected chi connectivity index (χ3v) is 1.86. The molecule has 1 aromatic carbocycles. The Morgan fingerprint density at radius 3 is 2.11 bits per heavy atom. The summed E-state index contributed by atoms with van der Waals surface area (Å²) in [5.74, 6) is 0.899. The van der Waals surface area contributed by atoms with Crippen LogP contribution in [0.3, 0.4) is 0 Å². The molecule has 0 heterocycles. The predicted molar refractivity (Wildman–Crippen MR) is 80.5 cm³/mol. The standard InChI is InChI=1S/C12H17NO.C2H6.CH3N/c1-10(2)8-13-9-11-4-6-12(14-3)7-5-11;2*1-2/h4-8,13H,9H2,1-3H3;1-2H3;2H,1H2. The summed E-state index contributed by atoms with van der Waals surface area (Å²) in [6.45, 7) is 11.5. The quantitative estimate of drug-likeness (QED) is 0.793. The van der Waals surface area contributed by atoms with Crippen LogP contribution in [0.2, 0.25) is 0 Å². The van der Waals surface area contributed by atoms with Crippen molar-refractivity contribution in [3.63, 3.8) is 0 Å². The molecule has 0 aromatic heterocycles. The van der Waals surface area contributed by atoms with Crippen molar-refractivity contribution in [2.45, 2.75) is 34.2 Å². The first kappa shape index (κ1) is 18.6. The van der Waals surface area contributed by atoms with E-state index < -0.39 is 0 Å². The normalized spacial score (nSPS) is 7.83. The number of methoxy groups -OCH3 is 1. The number of rotatable bonds is 4. The molecule has 3 heteroatoms. The second-order valence-electron chi connectivity index (χ2n) is 3.45. The van der Waals surface area contributed by atoms with Gasteiger partial charge in [-0.3, -0.25) is 0 Å². The number of allylic oxidation sites excluding steroid dienone is 1. The molecule has 0 saturated heterocycles. The van der Waals surface area contributed by atoms with E-state index in [1.807, 2.05) is 32.2 Å². The summed E-state index contributed by atoms with van der Waals surface area (Å²) in [6, 6.07) is 8.06. The largest absolute Gasteiger partial charge is 0.497 e. The van der Waals surface area contributed by atoms with Gasteiger partial charge in [0.2, 0.25) is 0 Å². The molecule has 0 bridgehead atoms. The van der Waals surface area contributed by atoms with E-state index in [9.17, 15) is 0 Å². The lowest BCUT2D eigenvalue weighted by molar-refractivity contribution is 0.414. The van der Waals surface area contributed by atoms with Crippen LogP contribution in [-0.2, 0) is 6.54 Å². The molecular weight excluding hydrogens is 224 g/mol. The predicted octanol–water partition coefficient (Wildman–Crippen LogP) is 4.00. The Morgan fingerprint density at radius 1 is 1.22 bits per heavy atom. The minimum absolute atomic E-state index is 0.856. The van der Waals surface area contributed by atoms with Crippen LogP contribution >= 0.6 is 0 Å². The fourth-order valence-corrected chi connectivity index (χ4v) is 1.12. The molecule has 0 atom stereocenters. The van der Waals surface area contributed by atoms with Gasteiger partial charge in [0.05, 0.1) is 7.11 Å². The molecule has 0 saturated carbocycles. The van der Waals surface area contributed by atoms with Crippen molar-refractivity contribution < 1.29 is 4.74 Å². The van der Waals surface area contributed by atoms with Crippen LogP contribution in [0.5, 0.6) is 5.75 Å². The maximum atomic E-state index is 5.50. The average Bonchev–Trinajstić information content (AvgIpc) is 2.44. The smallest absolute Gasteiger partial charge is 0.118 e. The van der Waals surface area contributed by atoms with Gasteiger partial charge in [0.15, 0.2) is 0 Å².